The summed E-state index contributed by atoms with van der Waals surface area (Å²) in [5.74, 6) is -1.10. The summed E-state index contributed by atoms with van der Waals surface area (Å²) >= 11 is 0. The van der Waals surface area contributed by atoms with Gasteiger partial charge in [0.15, 0.2) is 0 Å². The van der Waals surface area contributed by atoms with Crippen LogP contribution in [0.4, 0.5) is 0 Å². The van der Waals surface area contributed by atoms with Gasteiger partial charge in [0.05, 0.1) is 6.10 Å². The fraction of sp³-hybridized carbons (Fsp3) is 0.667. The summed E-state index contributed by atoms with van der Waals surface area (Å²) in [6, 6.07) is -0.746. The minimum absolute atomic E-state index is 0.139. The van der Waals surface area contributed by atoms with Crippen LogP contribution in [0.3, 0.4) is 0 Å². The summed E-state index contributed by atoms with van der Waals surface area (Å²) in [5, 5.41) is 9.07. The Morgan fingerprint density at radius 2 is 2.29 bits per heavy atom. The summed E-state index contributed by atoms with van der Waals surface area (Å²) in [7, 11) is 0. The van der Waals surface area contributed by atoms with Crippen LogP contribution in [0.5, 0.6) is 0 Å². The molecule has 0 spiro atoms. The molecule has 0 saturated carbocycles. The number of carbonyl (C=O) groups is 2. The summed E-state index contributed by atoms with van der Waals surface area (Å²) in [6.07, 6.45) is 2.76. The lowest BCUT2D eigenvalue weighted by Crippen LogP contribution is -2.40. The zero-order chi connectivity index (χ0) is 12.8. The van der Waals surface area contributed by atoms with Crippen molar-refractivity contribution < 1.29 is 19.4 Å². The smallest absolute Gasteiger partial charge is 0.326 e. The van der Waals surface area contributed by atoms with Gasteiger partial charge in [-0.1, -0.05) is 6.08 Å². The van der Waals surface area contributed by atoms with E-state index in [0.29, 0.717) is 32.4 Å². The maximum absolute atomic E-state index is 11.8. The first-order valence-corrected chi connectivity index (χ1v) is 5.84. The lowest BCUT2D eigenvalue weighted by Gasteiger charge is -2.20. The monoisotopic (exact) mass is 241 g/mol. The SMILES string of the molecule is C=CCCC(=O)N1C[C@H](OCC)C[C@H]1C(=O)O. The van der Waals surface area contributed by atoms with Gasteiger partial charge in [-0.2, -0.15) is 0 Å². The Morgan fingerprint density at radius 1 is 1.59 bits per heavy atom. The number of aliphatic carboxylic acids is 1. The third kappa shape index (κ3) is 3.56. The van der Waals surface area contributed by atoms with Gasteiger partial charge in [-0.25, -0.2) is 4.79 Å². The van der Waals surface area contributed by atoms with Crippen LogP contribution in [0.15, 0.2) is 12.7 Å². The Bertz CT molecular complexity index is 303. The van der Waals surface area contributed by atoms with E-state index in [1.54, 1.807) is 6.08 Å². The number of hydrogen-bond donors (Lipinski definition) is 1. The number of rotatable bonds is 6. The van der Waals surface area contributed by atoms with Gasteiger partial charge in [-0.05, 0) is 13.3 Å². The average molecular weight is 241 g/mol. The number of amides is 1. The molecule has 5 nitrogen and oxygen atoms in total. The summed E-state index contributed by atoms with van der Waals surface area (Å²) in [6.45, 7) is 6.31. The number of carbonyl (C=O) groups excluding carboxylic acids is 1. The Morgan fingerprint density at radius 3 is 2.82 bits per heavy atom. The largest absolute Gasteiger partial charge is 0.480 e. The predicted octanol–water partition coefficient (Wildman–Crippen LogP) is 1.04. The Balaban J connectivity index is 2.63. The number of carboxylic acid groups (broad SMARTS) is 1. The molecular formula is C12H19NO4. The molecule has 0 aliphatic carbocycles. The van der Waals surface area contributed by atoms with E-state index in [1.807, 2.05) is 6.92 Å². The Labute approximate surface area is 101 Å². The maximum atomic E-state index is 11.8. The van der Waals surface area contributed by atoms with Crippen molar-refractivity contribution in [3.63, 3.8) is 0 Å². The second-order valence-corrected chi connectivity index (χ2v) is 4.04. The molecule has 2 atom stereocenters. The second-order valence-electron chi connectivity index (χ2n) is 4.04. The molecule has 0 bridgehead atoms. The number of ether oxygens (including phenoxy) is 1. The predicted molar refractivity (Wildman–Crippen MR) is 62.6 cm³/mol. The van der Waals surface area contributed by atoms with E-state index >= 15 is 0 Å². The van der Waals surface area contributed by atoms with Crippen molar-refractivity contribution in [3.8, 4) is 0 Å². The van der Waals surface area contributed by atoms with Crippen molar-refractivity contribution >= 4 is 11.9 Å². The van der Waals surface area contributed by atoms with Gasteiger partial charge in [0.1, 0.15) is 6.04 Å². The molecule has 0 aromatic rings. The zero-order valence-corrected chi connectivity index (χ0v) is 10.1. The highest BCUT2D eigenvalue weighted by atomic mass is 16.5. The van der Waals surface area contributed by atoms with Crippen LogP contribution in [0.2, 0.25) is 0 Å². The van der Waals surface area contributed by atoms with Gasteiger partial charge in [0.2, 0.25) is 5.91 Å². The highest BCUT2D eigenvalue weighted by Crippen LogP contribution is 2.22. The highest BCUT2D eigenvalue weighted by molar-refractivity contribution is 5.84. The van der Waals surface area contributed by atoms with Crippen molar-refractivity contribution in [2.75, 3.05) is 13.2 Å². The molecule has 17 heavy (non-hydrogen) atoms. The highest BCUT2D eigenvalue weighted by Gasteiger charge is 2.39. The van der Waals surface area contributed by atoms with E-state index in [-0.39, 0.29) is 12.0 Å². The lowest BCUT2D eigenvalue weighted by atomic mass is 10.2. The van der Waals surface area contributed by atoms with E-state index in [1.165, 1.54) is 4.90 Å². The van der Waals surface area contributed by atoms with Crippen LogP contribution in [0.25, 0.3) is 0 Å². The molecule has 1 N–H and O–H groups in total. The van der Waals surface area contributed by atoms with Crippen molar-refractivity contribution in [1.29, 1.82) is 0 Å². The van der Waals surface area contributed by atoms with E-state index < -0.39 is 12.0 Å². The molecule has 1 aliphatic heterocycles. The molecule has 1 heterocycles. The minimum atomic E-state index is -0.959. The van der Waals surface area contributed by atoms with Crippen LogP contribution in [-0.4, -0.2) is 47.2 Å². The van der Waals surface area contributed by atoms with E-state index in [9.17, 15) is 9.59 Å². The minimum Gasteiger partial charge on any atom is -0.480 e. The third-order valence-corrected chi connectivity index (χ3v) is 2.83. The van der Waals surface area contributed by atoms with Crippen molar-refractivity contribution in [3.05, 3.63) is 12.7 Å². The van der Waals surface area contributed by atoms with Gasteiger partial charge in [0, 0.05) is 26.0 Å². The molecule has 1 amide bonds. The van der Waals surface area contributed by atoms with E-state index in [4.69, 9.17) is 9.84 Å². The first kappa shape index (κ1) is 13.7. The van der Waals surface area contributed by atoms with Gasteiger partial charge in [-0.15, -0.1) is 6.58 Å². The third-order valence-electron chi connectivity index (χ3n) is 2.83. The van der Waals surface area contributed by atoms with Crippen molar-refractivity contribution in [2.45, 2.75) is 38.3 Å². The molecule has 1 aliphatic rings. The molecule has 1 saturated heterocycles. The number of nitrogens with zero attached hydrogens (tertiary/aromatic N) is 1. The average Bonchev–Trinajstić information content (AvgIpc) is 2.70. The number of hydrogen-bond acceptors (Lipinski definition) is 3. The summed E-state index contributed by atoms with van der Waals surface area (Å²) in [4.78, 5) is 24.3. The molecule has 0 radical (unpaired) electrons. The van der Waals surface area contributed by atoms with Crippen molar-refractivity contribution in [1.82, 2.24) is 4.90 Å². The molecule has 1 rings (SSSR count). The fourth-order valence-electron chi connectivity index (χ4n) is 2.03. The quantitative estimate of drug-likeness (QED) is 0.706. The number of carboxylic acids is 1. The number of allylic oxidation sites excluding steroid dienone is 1. The van der Waals surface area contributed by atoms with Gasteiger partial charge >= 0.3 is 5.97 Å². The Hall–Kier alpha value is -1.36. The first-order valence-electron chi connectivity index (χ1n) is 5.84. The number of likely N-dealkylation sites (tertiary alicyclic amines) is 1. The molecule has 0 unspecified atom stereocenters. The molecule has 0 aromatic heterocycles. The van der Waals surface area contributed by atoms with E-state index in [0.717, 1.165) is 0 Å². The van der Waals surface area contributed by atoms with Crippen LogP contribution >= 0.6 is 0 Å². The van der Waals surface area contributed by atoms with Crippen LogP contribution < -0.4 is 0 Å². The van der Waals surface area contributed by atoms with Gasteiger partial charge < -0.3 is 14.7 Å². The molecule has 0 aromatic carbocycles. The molecule has 96 valence electrons. The zero-order valence-electron chi connectivity index (χ0n) is 10.1. The van der Waals surface area contributed by atoms with Crippen LogP contribution in [-0.2, 0) is 14.3 Å². The van der Waals surface area contributed by atoms with E-state index in [2.05, 4.69) is 6.58 Å². The Kier molecular flexibility index (Phi) is 5.15. The maximum Gasteiger partial charge on any atom is 0.326 e. The fourth-order valence-corrected chi connectivity index (χ4v) is 2.03. The molecular weight excluding hydrogens is 222 g/mol. The van der Waals surface area contributed by atoms with Gasteiger partial charge in [0.25, 0.3) is 0 Å². The molecule has 1 fully saturated rings. The normalized spacial score (nSPS) is 23.7. The summed E-state index contributed by atoms with van der Waals surface area (Å²) < 4.78 is 5.39. The van der Waals surface area contributed by atoms with Crippen molar-refractivity contribution in [2.24, 2.45) is 0 Å². The summed E-state index contributed by atoms with van der Waals surface area (Å²) in [5.41, 5.74) is 0. The van der Waals surface area contributed by atoms with Crippen LogP contribution in [0, 0.1) is 0 Å². The second kappa shape index (κ2) is 6.39. The van der Waals surface area contributed by atoms with Gasteiger partial charge in [-0.3, -0.25) is 4.79 Å². The molecule has 5 heteroatoms. The topological polar surface area (TPSA) is 66.8 Å². The van der Waals surface area contributed by atoms with Crippen LogP contribution in [0.1, 0.15) is 26.2 Å². The standard InChI is InChI=1S/C12H19NO4/c1-3-5-6-11(14)13-8-9(17-4-2)7-10(13)12(15)16/h3,9-10H,1,4-8H2,2H3,(H,15,16)/t9-,10+/m1/s1. The lowest BCUT2D eigenvalue weighted by molar-refractivity contribution is -0.148. The first-order chi connectivity index (χ1) is 8.10.